The summed E-state index contributed by atoms with van der Waals surface area (Å²) in [7, 11) is -1.93. The second-order valence-electron chi connectivity index (χ2n) is 10.3. The molecule has 1 aliphatic carbocycles. The number of rotatable bonds is 6. The summed E-state index contributed by atoms with van der Waals surface area (Å²) in [5.74, 6) is 1.17. The first-order chi connectivity index (χ1) is 18.0. The summed E-state index contributed by atoms with van der Waals surface area (Å²) in [4.78, 5) is 7.53. The van der Waals surface area contributed by atoms with Crippen LogP contribution in [0.1, 0.15) is 37.2 Å². The van der Waals surface area contributed by atoms with Gasteiger partial charge in [-0.15, -0.1) is 0 Å². The van der Waals surface area contributed by atoms with Crippen molar-refractivity contribution in [3.8, 4) is 11.1 Å². The molecule has 1 saturated heterocycles. The molecule has 194 valence electrons. The summed E-state index contributed by atoms with van der Waals surface area (Å²) in [6.07, 6.45) is 12.0. The summed E-state index contributed by atoms with van der Waals surface area (Å²) >= 11 is 0. The molecular formula is C28H33N5O3S. The van der Waals surface area contributed by atoms with Gasteiger partial charge in [-0.3, -0.25) is 9.58 Å². The molecule has 1 saturated carbocycles. The van der Waals surface area contributed by atoms with Gasteiger partial charge < -0.3 is 4.74 Å². The maximum absolute atomic E-state index is 13.6. The van der Waals surface area contributed by atoms with Gasteiger partial charge in [0.1, 0.15) is 0 Å². The van der Waals surface area contributed by atoms with Gasteiger partial charge in [0.2, 0.25) is 0 Å². The van der Waals surface area contributed by atoms with Crippen LogP contribution >= 0.6 is 0 Å². The number of aryl methyl sites for hydroxylation is 1. The monoisotopic (exact) mass is 519 g/mol. The lowest BCUT2D eigenvalue weighted by molar-refractivity contribution is 0.0273. The number of hydrogen-bond donors (Lipinski definition) is 0. The molecule has 0 N–H and O–H groups in total. The topological polar surface area (TPSA) is 82.2 Å². The summed E-state index contributed by atoms with van der Waals surface area (Å²) in [6, 6.07) is 10.7. The minimum absolute atomic E-state index is 0.245. The second kappa shape index (κ2) is 10.0. The number of ether oxygens (including phenoxy) is 1. The van der Waals surface area contributed by atoms with Crippen LogP contribution in [0, 0.1) is 5.92 Å². The van der Waals surface area contributed by atoms with Gasteiger partial charge in [-0.05, 0) is 61.3 Å². The third-order valence-electron chi connectivity index (χ3n) is 7.89. The number of morpholine rings is 1. The minimum Gasteiger partial charge on any atom is -0.379 e. The number of pyridine rings is 1. The molecule has 2 fully saturated rings. The lowest BCUT2D eigenvalue weighted by atomic mass is 9.78. The fourth-order valence-corrected chi connectivity index (χ4v) is 7.17. The van der Waals surface area contributed by atoms with Crippen molar-refractivity contribution in [3.63, 3.8) is 0 Å². The van der Waals surface area contributed by atoms with Crippen LogP contribution in [0.3, 0.4) is 0 Å². The molecule has 1 aliphatic heterocycles. The highest BCUT2D eigenvalue weighted by atomic mass is 32.2. The Bertz CT molecular complexity index is 1480. The van der Waals surface area contributed by atoms with Crippen molar-refractivity contribution in [2.75, 3.05) is 32.8 Å². The van der Waals surface area contributed by atoms with Gasteiger partial charge in [0, 0.05) is 61.8 Å². The first-order valence-electron chi connectivity index (χ1n) is 13.1. The largest absolute Gasteiger partial charge is 0.379 e. The van der Waals surface area contributed by atoms with Crippen molar-refractivity contribution in [2.45, 2.75) is 36.5 Å². The Morgan fingerprint density at radius 3 is 2.46 bits per heavy atom. The molecule has 0 spiro atoms. The lowest BCUT2D eigenvalue weighted by Crippen LogP contribution is -2.40. The van der Waals surface area contributed by atoms with E-state index in [1.54, 1.807) is 41.3 Å². The highest BCUT2D eigenvalue weighted by molar-refractivity contribution is 7.90. The summed E-state index contributed by atoms with van der Waals surface area (Å²) in [5.41, 5.74) is 3.35. The second-order valence-corrected chi connectivity index (χ2v) is 12.1. The molecule has 2 aliphatic rings. The maximum atomic E-state index is 13.6. The van der Waals surface area contributed by atoms with Crippen LogP contribution in [-0.4, -0.2) is 64.9 Å². The van der Waals surface area contributed by atoms with E-state index in [4.69, 9.17) is 9.72 Å². The van der Waals surface area contributed by atoms with E-state index in [1.807, 2.05) is 25.5 Å². The molecule has 3 aromatic heterocycles. The van der Waals surface area contributed by atoms with Crippen molar-refractivity contribution in [2.24, 2.45) is 13.0 Å². The van der Waals surface area contributed by atoms with Crippen LogP contribution in [0.25, 0.3) is 22.2 Å². The van der Waals surface area contributed by atoms with E-state index in [0.717, 1.165) is 61.6 Å². The lowest BCUT2D eigenvalue weighted by Gasteiger charge is -2.34. The zero-order valence-corrected chi connectivity index (χ0v) is 22.0. The Morgan fingerprint density at radius 2 is 1.76 bits per heavy atom. The molecule has 0 bridgehead atoms. The van der Waals surface area contributed by atoms with Crippen LogP contribution < -0.4 is 0 Å². The maximum Gasteiger partial charge on any atom is 0.269 e. The molecule has 0 amide bonds. The van der Waals surface area contributed by atoms with Crippen molar-refractivity contribution < 1.29 is 13.2 Å². The van der Waals surface area contributed by atoms with E-state index in [-0.39, 0.29) is 4.90 Å². The van der Waals surface area contributed by atoms with Crippen LogP contribution in [0.15, 0.2) is 66.1 Å². The average Bonchev–Trinajstić information content (AvgIpc) is 3.53. The van der Waals surface area contributed by atoms with Gasteiger partial charge in [-0.25, -0.2) is 17.4 Å². The van der Waals surface area contributed by atoms with E-state index in [2.05, 4.69) is 16.1 Å². The summed E-state index contributed by atoms with van der Waals surface area (Å²) < 4.78 is 35.7. The van der Waals surface area contributed by atoms with Gasteiger partial charge in [0.25, 0.3) is 10.0 Å². The Hall–Kier alpha value is -3.01. The fourth-order valence-electron chi connectivity index (χ4n) is 5.83. The number of nitrogens with zero attached hydrogens (tertiary/aromatic N) is 5. The number of aromatic nitrogens is 4. The van der Waals surface area contributed by atoms with Crippen molar-refractivity contribution in [1.29, 1.82) is 0 Å². The molecule has 8 nitrogen and oxygen atoms in total. The molecule has 37 heavy (non-hydrogen) atoms. The number of benzene rings is 1. The quantitative estimate of drug-likeness (QED) is 0.378. The smallest absolute Gasteiger partial charge is 0.269 e. The van der Waals surface area contributed by atoms with Crippen molar-refractivity contribution >= 4 is 21.1 Å². The van der Waals surface area contributed by atoms with Crippen LogP contribution in [0.4, 0.5) is 0 Å². The van der Waals surface area contributed by atoms with Crippen molar-refractivity contribution in [3.05, 3.63) is 66.7 Å². The standard InChI is InChI=1S/C28H33N5O3S/c1-31-19-24(17-30-31)27-20-33(37(34,35)25-5-3-2-4-6-25)28-26(27)15-23(16-29-28)22-9-7-21(8-10-22)18-32-11-13-36-14-12-32/h2-6,15-17,19-22H,7-14,18H2,1H3. The van der Waals surface area contributed by atoms with Crippen LogP contribution in [0.2, 0.25) is 0 Å². The van der Waals surface area contributed by atoms with Gasteiger partial charge in [0.15, 0.2) is 5.65 Å². The number of hydrogen-bond acceptors (Lipinski definition) is 6. The van der Waals surface area contributed by atoms with Crippen molar-refractivity contribution in [1.82, 2.24) is 23.6 Å². The molecule has 6 rings (SSSR count). The summed E-state index contributed by atoms with van der Waals surface area (Å²) in [5, 5.41) is 5.17. The molecule has 4 heterocycles. The minimum atomic E-state index is -3.79. The molecule has 0 radical (unpaired) electrons. The Morgan fingerprint density at radius 1 is 1.00 bits per heavy atom. The Balaban J connectivity index is 1.31. The van der Waals surface area contributed by atoms with Crippen LogP contribution in [-0.2, 0) is 21.8 Å². The molecular weight excluding hydrogens is 486 g/mol. The van der Waals surface area contributed by atoms with E-state index >= 15 is 0 Å². The first kappa shape index (κ1) is 24.3. The third kappa shape index (κ3) is 4.83. The summed E-state index contributed by atoms with van der Waals surface area (Å²) in [6.45, 7) is 4.94. The van der Waals surface area contributed by atoms with E-state index in [1.165, 1.54) is 28.9 Å². The Kier molecular flexibility index (Phi) is 6.60. The van der Waals surface area contributed by atoms with Gasteiger partial charge in [-0.2, -0.15) is 5.10 Å². The normalized spacial score (nSPS) is 21.4. The molecule has 1 aromatic carbocycles. The number of fused-ring (bicyclic) bond motifs is 1. The Labute approximate surface area is 217 Å². The average molecular weight is 520 g/mol. The van der Waals surface area contributed by atoms with Gasteiger partial charge in [0.05, 0.1) is 24.3 Å². The van der Waals surface area contributed by atoms with Gasteiger partial charge >= 0.3 is 0 Å². The third-order valence-corrected chi connectivity index (χ3v) is 9.55. The zero-order valence-electron chi connectivity index (χ0n) is 21.2. The predicted octanol–water partition coefficient (Wildman–Crippen LogP) is 4.28. The zero-order chi connectivity index (χ0) is 25.4. The molecule has 0 unspecified atom stereocenters. The van der Waals surface area contributed by atoms with E-state index in [0.29, 0.717) is 11.6 Å². The fraction of sp³-hybridized carbons (Fsp3) is 0.429. The first-order valence-corrected chi connectivity index (χ1v) is 14.5. The molecule has 4 aromatic rings. The highest BCUT2D eigenvalue weighted by Gasteiger charge is 2.27. The SMILES string of the molecule is Cn1cc(-c2cn(S(=O)(=O)c3ccccc3)c3ncc(C4CCC(CN5CCOCC5)CC4)cc23)cn1. The molecule has 9 heteroatoms. The van der Waals surface area contributed by atoms with Gasteiger partial charge in [-0.1, -0.05) is 18.2 Å². The highest BCUT2D eigenvalue weighted by Crippen LogP contribution is 2.39. The predicted molar refractivity (Wildman–Crippen MR) is 143 cm³/mol. The van der Waals surface area contributed by atoms with E-state index < -0.39 is 10.0 Å². The van der Waals surface area contributed by atoms with Crippen LogP contribution in [0.5, 0.6) is 0 Å². The van der Waals surface area contributed by atoms with E-state index in [9.17, 15) is 8.42 Å². The molecule has 0 atom stereocenters.